The predicted octanol–water partition coefficient (Wildman–Crippen LogP) is 3.95. The number of halogens is 3. The molecule has 3 rings (SSSR count). The lowest BCUT2D eigenvalue weighted by molar-refractivity contribution is -0.136. The Morgan fingerprint density at radius 3 is 2.50 bits per heavy atom. The van der Waals surface area contributed by atoms with Gasteiger partial charge in [-0.25, -0.2) is 0 Å². The lowest BCUT2D eigenvalue weighted by Gasteiger charge is -2.13. The molecule has 1 amide bonds. The molecule has 0 saturated carbocycles. The number of hydrogen-bond acceptors (Lipinski definition) is 5. The van der Waals surface area contributed by atoms with Crippen LogP contribution in [0.5, 0.6) is 0 Å². The maximum absolute atomic E-state index is 13.0. The summed E-state index contributed by atoms with van der Waals surface area (Å²) in [6.07, 6.45) is -3.04. The number of para-hydroxylation sites is 1. The van der Waals surface area contributed by atoms with Gasteiger partial charge in [-0.15, -0.1) is 10.2 Å². The SMILES string of the molecule is O=C(Nc1ccccc1C(F)(F)F)c1ccc(NCc2ccco2)nn1. The first kappa shape index (κ1) is 17.5. The van der Waals surface area contributed by atoms with Gasteiger partial charge in [-0.3, -0.25) is 4.79 Å². The zero-order valence-electron chi connectivity index (χ0n) is 13.2. The van der Waals surface area contributed by atoms with Gasteiger partial charge in [0.15, 0.2) is 5.69 Å². The Hall–Kier alpha value is -3.36. The number of nitrogens with zero attached hydrogens (tertiary/aromatic N) is 2. The van der Waals surface area contributed by atoms with Crippen LogP contribution in [0.1, 0.15) is 21.8 Å². The highest BCUT2D eigenvalue weighted by molar-refractivity contribution is 6.03. The fourth-order valence-corrected chi connectivity index (χ4v) is 2.16. The Labute approximate surface area is 146 Å². The monoisotopic (exact) mass is 362 g/mol. The second-order valence-corrected chi connectivity index (χ2v) is 5.23. The van der Waals surface area contributed by atoms with E-state index in [1.54, 1.807) is 12.1 Å². The average Bonchev–Trinajstić information content (AvgIpc) is 3.13. The van der Waals surface area contributed by atoms with Gasteiger partial charge < -0.3 is 15.1 Å². The Morgan fingerprint density at radius 2 is 1.85 bits per heavy atom. The van der Waals surface area contributed by atoms with Crippen LogP contribution >= 0.6 is 0 Å². The lowest BCUT2D eigenvalue weighted by Crippen LogP contribution is -2.18. The molecule has 0 atom stereocenters. The third-order valence-electron chi connectivity index (χ3n) is 3.40. The summed E-state index contributed by atoms with van der Waals surface area (Å²) in [7, 11) is 0. The molecule has 9 heteroatoms. The number of furan rings is 1. The van der Waals surface area contributed by atoms with Crippen LogP contribution in [0.3, 0.4) is 0 Å². The predicted molar refractivity (Wildman–Crippen MR) is 87.5 cm³/mol. The van der Waals surface area contributed by atoms with Crippen LogP contribution in [0.25, 0.3) is 0 Å². The fraction of sp³-hybridized carbons (Fsp3) is 0.118. The number of rotatable bonds is 5. The van der Waals surface area contributed by atoms with Gasteiger partial charge in [0.1, 0.15) is 11.6 Å². The van der Waals surface area contributed by atoms with E-state index >= 15 is 0 Å². The number of hydrogen-bond donors (Lipinski definition) is 2. The van der Waals surface area contributed by atoms with Crippen LogP contribution in [-0.4, -0.2) is 16.1 Å². The van der Waals surface area contributed by atoms with E-state index in [1.165, 1.54) is 36.6 Å². The lowest BCUT2D eigenvalue weighted by atomic mass is 10.1. The molecule has 2 aromatic heterocycles. The fourth-order valence-electron chi connectivity index (χ4n) is 2.16. The van der Waals surface area contributed by atoms with Gasteiger partial charge in [-0.05, 0) is 36.4 Å². The molecule has 0 fully saturated rings. The molecule has 134 valence electrons. The molecule has 2 N–H and O–H groups in total. The molecule has 2 heterocycles. The largest absolute Gasteiger partial charge is 0.467 e. The minimum Gasteiger partial charge on any atom is -0.467 e. The standard InChI is InChI=1S/C17H13F3N4O2/c18-17(19,20)12-5-1-2-6-13(12)22-16(25)14-7-8-15(24-23-14)21-10-11-4-3-9-26-11/h1-9H,10H2,(H,21,24)(H,22,25). The maximum atomic E-state index is 13.0. The summed E-state index contributed by atoms with van der Waals surface area (Å²) in [5.74, 6) is 0.304. The van der Waals surface area contributed by atoms with Crippen LogP contribution in [0.2, 0.25) is 0 Å². The van der Waals surface area contributed by atoms with E-state index < -0.39 is 17.6 Å². The van der Waals surface area contributed by atoms with Crippen LogP contribution in [0.15, 0.2) is 59.2 Å². The van der Waals surface area contributed by atoms with Gasteiger partial charge in [-0.1, -0.05) is 12.1 Å². The van der Waals surface area contributed by atoms with Gasteiger partial charge in [0, 0.05) is 0 Å². The first-order chi connectivity index (χ1) is 12.4. The molecule has 0 spiro atoms. The summed E-state index contributed by atoms with van der Waals surface area (Å²) >= 11 is 0. The van der Waals surface area contributed by atoms with E-state index in [2.05, 4.69) is 20.8 Å². The second kappa shape index (κ2) is 7.26. The number of amides is 1. The van der Waals surface area contributed by atoms with Crippen molar-refractivity contribution in [2.24, 2.45) is 0 Å². The first-order valence-corrected chi connectivity index (χ1v) is 7.51. The summed E-state index contributed by atoms with van der Waals surface area (Å²) < 4.78 is 44.0. The van der Waals surface area contributed by atoms with Gasteiger partial charge in [0.25, 0.3) is 5.91 Å². The Bertz CT molecular complexity index is 878. The number of carbonyl (C=O) groups is 1. The molecule has 0 aliphatic rings. The molecule has 0 unspecified atom stereocenters. The van der Waals surface area contributed by atoms with E-state index in [0.29, 0.717) is 18.1 Å². The van der Waals surface area contributed by atoms with Crippen molar-refractivity contribution in [3.05, 3.63) is 71.8 Å². The third kappa shape index (κ3) is 4.18. The number of aromatic nitrogens is 2. The molecular formula is C17H13F3N4O2. The summed E-state index contributed by atoms with van der Waals surface area (Å²) in [5, 5.41) is 12.7. The van der Waals surface area contributed by atoms with Crippen LogP contribution in [0.4, 0.5) is 24.7 Å². The second-order valence-electron chi connectivity index (χ2n) is 5.23. The zero-order chi connectivity index (χ0) is 18.6. The molecule has 0 radical (unpaired) electrons. The van der Waals surface area contributed by atoms with Crippen LogP contribution in [0, 0.1) is 0 Å². The van der Waals surface area contributed by atoms with Crippen molar-refractivity contribution in [2.75, 3.05) is 10.6 Å². The van der Waals surface area contributed by atoms with Gasteiger partial charge >= 0.3 is 6.18 Å². The Morgan fingerprint density at radius 1 is 1.04 bits per heavy atom. The maximum Gasteiger partial charge on any atom is 0.418 e. The van der Waals surface area contributed by atoms with Crippen LogP contribution in [-0.2, 0) is 12.7 Å². The van der Waals surface area contributed by atoms with Crippen molar-refractivity contribution in [1.29, 1.82) is 0 Å². The molecule has 0 bridgehead atoms. The molecule has 1 aromatic carbocycles. The van der Waals surface area contributed by atoms with Gasteiger partial charge in [-0.2, -0.15) is 13.2 Å². The summed E-state index contributed by atoms with van der Waals surface area (Å²) in [4.78, 5) is 12.1. The smallest absolute Gasteiger partial charge is 0.418 e. The minimum atomic E-state index is -4.57. The summed E-state index contributed by atoms with van der Waals surface area (Å²) in [6, 6.07) is 11.1. The topological polar surface area (TPSA) is 80.0 Å². The highest BCUT2D eigenvalue weighted by Crippen LogP contribution is 2.34. The van der Waals surface area contributed by atoms with E-state index in [9.17, 15) is 18.0 Å². The number of nitrogens with one attached hydrogen (secondary N) is 2. The van der Waals surface area contributed by atoms with Crippen molar-refractivity contribution in [3.63, 3.8) is 0 Å². The molecule has 0 aliphatic heterocycles. The average molecular weight is 362 g/mol. The summed E-state index contributed by atoms with van der Waals surface area (Å²) in [5.41, 5.74) is -1.38. The summed E-state index contributed by atoms with van der Waals surface area (Å²) in [6.45, 7) is 0.381. The van der Waals surface area contributed by atoms with E-state index in [0.717, 1.165) is 6.07 Å². The van der Waals surface area contributed by atoms with Crippen molar-refractivity contribution < 1.29 is 22.4 Å². The number of carbonyl (C=O) groups excluding carboxylic acids is 1. The third-order valence-corrected chi connectivity index (χ3v) is 3.40. The molecule has 0 aliphatic carbocycles. The van der Waals surface area contributed by atoms with E-state index in [1.807, 2.05) is 0 Å². The van der Waals surface area contributed by atoms with Crippen molar-refractivity contribution in [2.45, 2.75) is 12.7 Å². The molecule has 26 heavy (non-hydrogen) atoms. The van der Waals surface area contributed by atoms with E-state index in [-0.39, 0.29) is 11.4 Å². The first-order valence-electron chi connectivity index (χ1n) is 7.51. The van der Waals surface area contributed by atoms with Gasteiger partial charge in [0.2, 0.25) is 0 Å². The number of alkyl halides is 3. The van der Waals surface area contributed by atoms with Gasteiger partial charge in [0.05, 0.1) is 24.1 Å². The van der Waals surface area contributed by atoms with Crippen LogP contribution < -0.4 is 10.6 Å². The molecule has 3 aromatic rings. The number of benzene rings is 1. The normalized spacial score (nSPS) is 11.2. The minimum absolute atomic E-state index is 0.106. The molecule has 6 nitrogen and oxygen atoms in total. The highest BCUT2D eigenvalue weighted by atomic mass is 19.4. The Balaban J connectivity index is 1.67. The number of anilines is 2. The van der Waals surface area contributed by atoms with Crippen molar-refractivity contribution in [1.82, 2.24) is 10.2 Å². The highest BCUT2D eigenvalue weighted by Gasteiger charge is 2.33. The Kier molecular flexibility index (Phi) is 4.87. The quantitative estimate of drug-likeness (QED) is 0.718. The zero-order valence-corrected chi connectivity index (χ0v) is 13.2. The molecule has 0 saturated heterocycles. The van der Waals surface area contributed by atoms with Crippen molar-refractivity contribution >= 4 is 17.4 Å². The molecular weight excluding hydrogens is 349 g/mol. The van der Waals surface area contributed by atoms with Crippen molar-refractivity contribution in [3.8, 4) is 0 Å². The van der Waals surface area contributed by atoms with E-state index in [4.69, 9.17) is 4.42 Å².